The Morgan fingerprint density at radius 3 is 2.58 bits per heavy atom. The first-order valence-electron chi connectivity index (χ1n) is 10.1. The van der Waals surface area contributed by atoms with E-state index in [2.05, 4.69) is 5.32 Å². The number of anilines is 1. The zero-order chi connectivity index (χ0) is 22.0. The normalized spacial score (nSPS) is 18.2. The smallest absolute Gasteiger partial charge is 0.201 e. The summed E-state index contributed by atoms with van der Waals surface area (Å²) >= 11 is 7.43. The zero-order valence-corrected chi connectivity index (χ0v) is 19.0. The summed E-state index contributed by atoms with van der Waals surface area (Å²) in [6.45, 7) is 6.28. The molecule has 158 valence electrons. The van der Waals surface area contributed by atoms with Crippen LogP contribution in [0, 0.1) is 5.41 Å². The van der Waals surface area contributed by atoms with Crippen LogP contribution in [-0.4, -0.2) is 20.4 Å². The number of aromatic nitrogens is 2. The second kappa shape index (κ2) is 6.92. The molecule has 0 amide bonds. The van der Waals surface area contributed by atoms with Crippen LogP contribution in [0.4, 0.5) is 5.82 Å². The number of halogens is 1. The summed E-state index contributed by atoms with van der Waals surface area (Å²) in [6, 6.07) is 15.0. The van der Waals surface area contributed by atoms with E-state index >= 15 is 0 Å². The van der Waals surface area contributed by atoms with Crippen molar-refractivity contribution in [1.82, 2.24) is 9.55 Å². The number of pyridine rings is 1. The summed E-state index contributed by atoms with van der Waals surface area (Å²) in [4.78, 5) is 18.3. The largest absolute Gasteiger partial charge is 0.369 e. The molecule has 4 aromatic rings. The molecule has 0 spiro atoms. The highest BCUT2D eigenvalue weighted by molar-refractivity contribution is 7.13. The Balaban J connectivity index is 1.73. The maximum Gasteiger partial charge on any atom is 0.201 e. The third-order valence-corrected chi connectivity index (χ3v) is 7.10. The van der Waals surface area contributed by atoms with Gasteiger partial charge in [-0.2, -0.15) is 0 Å². The molecule has 2 N–H and O–H groups in total. The second-order valence-corrected chi connectivity index (χ2v) is 10.2. The van der Waals surface area contributed by atoms with Crippen molar-refractivity contribution in [3.8, 4) is 21.8 Å². The fourth-order valence-corrected chi connectivity index (χ4v) is 4.92. The first-order valence-corrected chi connectivity index (χ1v) is 11.3. The van der Waals surface area contributed by atoms with Gasteiger partial charge in [0.25, 0.3) is 0 Å². The second-order valence-electron chi connectivity index (χ2n) is 8.94. The van der Waals surface area contributed by atoms with Gasteiger partial charge < -0.3 is 15.0 Å². The lowest BCUT2D eigenvalue weighted by molar-refractivity contribution is -0.0343. The Bertz CT molecular complexity index is 1370. The molecular formula is C24H22ClN3O2S. The molecule has 0 radical (unpaired) electrons. The fraction of sp³-hybridized carbons (Fsp3) is 0.250. The van der Waals surface area contributed by atoms with Gasteiger partial charge in [0.2, 0.25) is 5.43 Å². The Morgan fingerprint density at radius 2 is 1.87 bits per heavy atom. The molecule has 0 bridgehead atoms. The lowest BCUT2D eigenvalue weighted by Crippen LogP contribution is -2.48. The van der Waals surface area contributed by atoms with Crippen molar-refractivity contribution in [3.63, 3.8) is 0 Å². The van der Waals surface area contributed by atoms with E-state index in [-0.39, 0.29) is 5.43 Å². The molecular weight excluding hydrogens is 430 g/mol. The number of thiazole rings is 1. The molecule has 5 rings (SSSR count). The molecule has 1 aliphatic rings. The van der Waals surface area contributed by atoms with E-state index in [1.54, 1.807) is 0 Å². The lowest BCUT2D eigenvalue weighted by atomic mass is 9.83. The van der Waals surface area contributed by atoms with Crippen molar-refractivity contribution in [2.24, 2.45) is 5.41 Å². The molecule has 2 aromatic carbocycles. The Morgan fingerprint density at radius 1 is 1.16 bits per heavy atom. The number of hydrogen-bond donors (Lipinski definition) is 2. The predicted molar refractivity (Wildman–Crippen MR) is 128 cm³/mol. The minimum Gasteiger partial charge on any atom is -0.369 e. The first-order chi connectivity index (χ1) is 14.7. The van der Waals surface area contributed by atoms with Gasteiger partial charge in [-0.3, -0.25) is 4.79 Å². The number of nitrogens with one attached hydrogen (secondary N) is 1. The third kappa shape index (κ3) is 3.17. The summed E-state index contributed by atoms with van der Waals surface area (Å²) in [5.74, 6) is 0.609. The van der Waals surface area contributed by atoms with Crippen LogP contribution in [-0.2, 0) is 6.54 Å². The minimum absolute atomic E-state index is 0.0930. The summed E-state index contributed by atoms with van der Waals surface area (Å²) in [5, 5.41) is 18.5. The maximum atomic E-state index is 13.6. The molecule has 31 heavy (non-hydrogen) atoms. The van der Waals surface area contributed by atoms with Crippen LogP contribution in [0.5, 0.6) is 0 Å². The Hall–Kier alpha value is -2.67. The van der Waals surface area contributed by atoms with Gasteiger partial charge in [-0.25, -0.2) is 4.98 Å². The van der Waals surface area contributed by atoms with Crippen LogP contribution in [0.3, 0.4) is 0 Å². The standard InChI is InChI=1S/C24H22ClN3O2S/c1-23(2,3)24(30)13-28-18-7-5-4-6-16(18)20(29)19(21(28)27-24)22-26-17(12-31-22)14-8-10-15(25)11-9-14/h4-12,27,30H,13H2,1-3H3. The monoisotopic (exact) mass is 451 g/mol. The average Bonchev–Trinajstić information content (AvgIpc) is 3.34. The van der Waals surface area contributed by atoms with Crippen molar-refractivity contribution >= 4 is 39.7 Å². The van der Waals surface area contributed by atoms with Gasteiger partial charge in [0.1, 0.15) is 10.8 Å². The molecule has 0 fully saturated rings. The zero-order valence-electron chi connectivity index (χ0n) is 17.4. The molecule has 1 aliphatic heterocycles. The van der Waals surface area contributed by atoms with Crippen molar-refractivity contribution in [2.75, 3.05) is 5.32 Å². The Kier molecular flexibility index (Phi) is 4.52. The van der Waals surface area contributed by atoms with E-state index in [4.69, 9.17) is 16.6 Å². The molecule has 2 aromatic heterocycles. The van der Waals surface area contributed by atoms with Gasteiger partial charge in [-0.05, 0) is 24.3 Å². The number of fused-ring (bicyclic) bond motifs is 3. The minimum atomic E-state index is -1.19. The number of para-hydroxylation sites is 1. The molecule has 0 aliphatic carbocycles. The van der Waals surface area contributed by atoms with E-state index in [1.165, 1.54) is 11.3 Å². The average molecular weight is 452 g/mol. The van der Waals surface area contributed by atoms with Gasteiger partial charge in [0, 0.05) is 26.8 Å². The van der Waals surface area contributed by atoms with Crippen molar-refractivity contribution in [1.29, 1.82) is 0 Å². The highest BCUT2D eigenvalue weighted by Crippen LogP contribution is 2.43. The quantitative estimate of drug-likeness (QED) is 0.416. The van der Waals surface area contributed by atoms with Gasteiger partial charge in [0.05, 0.1) is 23.3 Å². The van der Waals surface area contributed by atoms with Crippen LogP contribution < -0.4 is 10.7 Å². The SMILES string of the molecule is CC(C)(C)C1(O)Cn2c(c(-c3nc(-c4ccc(Cl)cc4)cs3)c(=O)c3ccccc32)N1. The Labute approximate surface area is 189 Å². The van der Waals surface area contributed by atoms with Gasteiger partial charge in [0.15, 0.2) is 5.72 Å². The van der Waals surface area contributed by atoms with Crippen molar-refractivity contribution < 1.29 is 5.11 Å². The topological polar surface area (TPSA) is 67.1 Å². The van der Waals surface area contributed by atoms with E-state index < -0.39 is 11.1 Å². The summed E-state index contributed by atoms with van der Waals surface area (Å²) in [6.07, 6.45) is 0. The molecule has 0 saturated carbocycles. The molecule has 3 heterocycles. The molecule has 1 unspecified atom stereocenters. The fourth-order valence-electron chi connectivity index (χ4n) is 3.92. The summed E-state index contributed by atoms with van der Waals surface area (Å²) < 4.78 is 2.00. The van der Waals surface area contributed by atoms with Crippen LogP contribution in [0.2, 0.25) is 5.02 Å². The molecule has 0 saturated heterocycles. The van der Waals surface area contributed by atoms with Gasteiger partial charge in [-0.15, -0.1) is 11.3 Å². The van der Waals surface area contributed by atoms with E-state index in [0.717, 1.165) is 16.8 Å². The van der Waals surface area contributed by atoms with Crippen LogP contribution in [0.25, 0.3) is 32.7 Å². The number of benzene rings is 2. The molecule has 5 nitrogen and oxygen atoms in total. The highest BCUT2D eigenvalue weighted by atomic mass is 35.5. The number of nitrogens with zero attached hydrogens (tertiary/aromatic N) is 2. The van der Waals surface area contributed by atoms with Gasteiger partial charge >= 0.3 is 0 Å². The van der Waals surface area contributed by atoms with Crippen LogP contribution in [0.1, 0.15) is 20.8 Å². The summed E-state index contributed by atoms with van der Waals surface area (Å²) in [5.41, 5.74) is 1.27. The van der Waals surface area contributed by atoms with E-state index in [0.29, 0.717) is 33.3 Å². The predicted octanol–water partition coefficient (Wildman–Crippen LogP) is 5.61. The highest BCUT2D eigenvalue weighted by Gasteiger charge is 2.46. The number of rotatable bonds is 2. The summed E-state index contributed by atoms with van der Waals surface area (Å²) in [7, 11) is 0. The number of aliphatic hydroxyl groups is 1. The van der Waals surface area contributed by atoms with E-state index in [1.807, 2.05) is 79.2 Å². The maximum absolute atomic E-state index is 13.6. The van der Waals surface area contributed by atoms with Crippen LogP contribution in [0.15, 0.2) is 58.7 Å². The number of hydrogen-bond acceptors (Lipinski definition) is 5. The van der Waals surface area contributed by atoms with Gasteiger partial charge in [-0.1, -0.05) is 56.6 Å². The van der Waals surface area contributed by atoms with Crippen molar-refractivity contribution in [2.45, 2.75) is 33.0 Å². The molecule has 1 atom stereocenters. The van der Waals surface area contributed by atoms with E-state index in [9.17, 15) is 9.90 Å². The first kappa shape index (κ1) is 20.2. The van der Waals surface area contributed by atoms with Crippen LogP contribution >= 0.6 is 22.9 Å². The van der Waals surface area contributed by atoms with Crippen molar-refractivity contribution in [3.05, 3.63) is 69.2 Å². The molecule has 7 heteroatoms. The third-order valence-electron chi connectivity index (χ3n) is 5.98. The lowest BCUT2D eigenvalue weighted by Gasteiger charge is -2.36.